The molecule has 6 nitrogen and oxygen atoms in total. The van der Waals surface area contributed by atoms with Crippen LogP contribution >= 0.6 is 11.8 Å². The number of imide groups is 1. The molecule has 1 fully saturated rings. The predicted molar refractivity (Wildman–Crippen MR) is 130 cm³/mol. The van der Waals surface area contributed by atoms with Gasteiger partial charge in [0, 0.05) is 17.1 Å². The topological polar surface area (TPSA) is 68.6 Å². The zero-order valence-electron chi connectivity index (χ0n) is 18.9. The van der Waals surface area contributed by atoms with E-state index in [0.717, 1.165) is 50.4 Å². The van der Waals surface area contributed by atoms with Crippen molar-refractivity contribution in [3.8, 4) is 16.8 Å². The number of esters is 1. The summed E-state index contributed by atoms with van der Waals surface area (Å²) >= 11 is 0.834. The Morgan fingerprint density at radius 2 is 1.64 bits per heavy atom. The second-order valence-electron chi connectivity index (χ2n) is 7.83. The van der Waals surface area contributed by atoms with E-state index < -0.39 is 23.2 Å². The quantitative estimate of drug-likeness (QED) is 0.379. The lowest BCUT2D eigenvalue weighted by molar-refractivity contribution is -0.148. The lowest BCUT2D eigenvalue weighted by atomic mass is 10.1. The molecule has 0 N–H and O–H groups in total. The first-order valence-electron chi connectivity index (χ1n) is 10.5. The number of carbonyl (C=O) groups excluding carboxylic acids is 3. The molecule has 1 aromatic heterocycles. The number of hydrogen-bond acceptors (Lipinski definition) is 5. The highest BCUT2D eigenvalue weighted by Gasteiger charge is 2.41. The van der Waals surface area contributed by atoms with Crippen molar-refractivity contribution >= 4 is 35.0 Å². The van der Waals surface area contributed by atoms with E-state index in [2.05, 4.69) is 45.7 Å². The fraction of sp³-hybridized carbons (Fsp3) is 0.192. The molecule has 0 saturated carbocycles. The van der Waals surface area contributed by atoms with Crippen molar-refractivity contribution in [3.63, 3.8) is 0 Å². The average Bonchev–Trinajstić information content (AvgIpc) is 3.26. The predicted octanol–water partition coefficient (Wildman–Crippen LogP) is 5.36. The number of hydrogen-bond donors (Lipinski definition) is 0. The van der Waals surface area contributed by atoms with Gasteiger partial charge in [0.25, 0.3) is 11.1 Å². The molecule has 0 spiro atoms. The lowest BCUT2D eigenvalue weighted by Crippen LogP contribution is -2.42. The van der Waals surface area contributed by atoms with Gasteiger partial charge in [0.15, 0.2) is 0 Å². The van der Waals surface area contributed by atoms with Crippen LogP contribution in [0, 0.1) is 13.8 Å². The fourth-order valence-corrected chi connectivity index (χ4v) is 4.89. The summed E-state index contributed by atoms with van der Waals surface area (Å²) in [6.45, 7) is 5.46. The van der Waals surface area contributed by atoms with E-state index in [1.807, 2.05) is 38.1 Å². The van der Waals surface area contributed by atoms with Crippen LogP contribution in [-0.2, 0) is 14.3 Å². The number of aryl methyl sites for hydroxylation is 1. The smallest absolute Gasteiger partial charge is 0.328 e. The molecule has 1 aliphatic heterocycles. The zero-order chi connectivity index (χ0) is 23.7. The van der Waals surface area contributed by atoms with Crippen molar-refractivity contribution in [3.05, 3.63) is 82.5 Å². The first-order chi connectivity index (χ1) is 15.8. The number of benzene rings is 2. The van der Waals surface area contributed by atoms with Gasteiger partial charge in [0.1, 0.15) is 6.04 Å². The van der Waals surface area contributed by atoms with Crippen molar-refractivity contribution in [2.24, 2.45) is 0 Å². The van der Waals surface area contributed by atoms with Crippen LogP contribution in [0.25, 0.3) is 22.9 Å². The molecular formula is C26H24N2O4S. The molecule has 1 aliphatic rings. The maximum atomic E-state index is 12.8. The molecule has 1 atom stereocenters. The minimum atomic E-state index is -0.969. The molecule has 4 rings (SSSR count). The Bertz CT molecular complexity index is 1260. The Balaban J connectivity index is 1.63. The molecule has 3 aromatic rings. The molecule has 2 heterocycles. The standard InChI is InChI=1S/C26H24N2O4S/c1-16-14-21(15-23-24(29)28(26(31)33-23)18(3)25(30)32-4)17(2)27(16)22-12-10-20(11-13-22)19-8-6-5-7-9-19/h5-15,18H,1-4H3/b23-15-/t18-/m1/s1. The minimum absolute atomic E-state index is 0.287. The number of thioether (sulfide) groups is 1. The van der Waals surface area contributed by atoms with Crippen molar-refractivity contribution in [2.45, 2.75) is 26.8 Å². The van der Waals surface area contributed by atoms with Gasteiger partial charge in [-0.2, -0.15) is 0 Å². The van der Waals surface area contributed by atoms with Gasteiger partial charge in [-0.1, -0.05) is 42.5 Å². The SMILES string of the molecule is COC(=O)[C@@H](C)N1C(=O)S/C(=C\c2cc(C)n(-c3ccc(-c4ccccc4)cc3)c2C)C1=O. The van der Waals surface area contributed by atoms with E-state index in [9.17, 15) is 14.4 Å². The molecule has 168 valence electrons. The van der Waals surface area contributed by atoms with Crippen LogP contribution in [0.1, 0.15) is 23.9 Å². The van der Waals surface area contributed by atoms with E-state index in [4.69, 9.17) is 0 Å². The van der Waals surface area contributed by atoms with Crippen LogP contribution in [0.5, 0.6) is 0 Å². The third-order valence-electron chi connectivity index (χ3n) is 5.74. The number of rotatable bonds is 5. The van der Waals surface area contributed by atoms with Gasteiger partial charge in [0.05, 0.1) is 12.0 Å². The van der Waals surface area contributed by atoms with Crippen LogP contribution in [0.4, 0.5) is 4.79 Å². The highest BCUT2D eigenvalue weighted by atomic mass is 32.2. The molecule has 2 aromatic carbocycles. The number of amides is 2. The number of aromatic nitrogens is 1. The Labute approximate surface area is 196 Å². The van der Waals surface area contributed by atoms with Gasteiger partial charge in [-0.25, -0.2) is 4.79 Å². The molecular weight excluding hydrogens is 436 g/mol. The third-order valence-corrected chi connectivity index (χ3v) is 6.63. The highest BCUT2D eigenvalue weighted by molar-refractivity contribution is 8.18. The van der Waals surface area contributed by atoms with Crippen molar-refractivity contribution < 1.29 is 19.1 Å². The highest BCUT2D eigenvalue weighted by Crippen LogP contribution is 2.35. The first kappa shape index (κ1) is 22.6. The fourth-order valence-electron chi connectivity index (χ4n) is 4.00. The van der Waals surface area contributed by atoms with Gasteiger partial charge in [-0.3, -0.25) is 14.5 Å². The van der Waals surface area contributed by atoms with E-state index in [1.165, 1.54) is 14.0 Å². The number of nitrogens with zero attached hydrogens (tertiary/aromatic N) is 2. The molecule has 1 saturated heterocycles. The molecule has 0 unspecified atom stereocenters. The summed E-state index contributed by atoms with van der Waals surface area (Å²) in [5.41, 5.74) is 6.10. The van der Waals surface area contributed by atoms with E-state index >= 15 is 0 Å². The van der Waals surface area contributed by atoms with Gasteiger partial charge >= 0.3 is 5.97 Å². The van der Waals surface area contributed by atoms with Crippen LogP contribution in [0.3, 0.4) is 0 Å². The second kappa shape index (κ2) is 9.11. The molecule has 0 radical (unpaired) electrons. The number of carbonyl (C=O) groups is 3. The maximum Gasteiger partial charge on any atom is 0.328 e. The van der Waals surface area contributed by atoms with Crippen LogP contribution in [0.15, 0.2) is 65.6 Å². The monoisotopic (exact) mass is 460 g/mol. The van der Waals surface area contributed by atoms with Crippen LogP contribution in [-0.4, -0.2) is 39.7 Å². The van der Waals surface area contributed by atoms with Crippen molar-refractivity contribution in [2.75, 3.05) is 7.11 Å². The van der Waals surface area contributed by atoms with Crippen LogP contribution in [0.2, 0.25) is 0 Å². The summed E-state index contributed by atoms with van der Waals surface area (Å²) in [5, 5.41) is -0.477. The largest absolute Gasteiger partial charge is 0.467 e. The molecule has 2 amide bonds. The normalized spacial score (nSPS) is 15.9. The second-order valence-corrected chi connectivity index (χ2v) is 8.82. The first-order valence-corrected chi connectivity index (χ1v) is 11.3. The zero-order valence-corrected chi connectivity index (χ0v) is 19.7. The lowest BCUT2D eigenvalue weighted by Gasteiger charge is -2.18. The molecule has 7 heteroatoms. The molecule has 33 heavy (non-hydrogen) atoms. The summed E-state index contributed by atoms with van der Waals surface area (Å²) in [6.07, 6.45) is 1.71. The van der Waals surface area contributed by atoms with E-state index in [-0.39, 0.29) is 4.91 Å². The van der Waals surface area contributed by atoms with Gasteiger partial charge in [0.2, 0.25) is 0 Å². The summed E-state index contributed by atoms with van der Waals surface area (Å²) in [4.78, 5) is 38.3. The number of methoxy groups -OCH3 is 1. The summed E-state index contributed by atoms with van der Waals surface area (Å²) in [6, 6.07) is 19.5. The maximum absolute atomic E-state index is 12.8. The molecule has 0 aliphatic carbocycles. The summed E-state index contributed by atoms with van der Waals surface area (Å²) in [7, 11) is 1.23. The Kier molecular flexibility index (Phi) is 6.24. The summed E-state index contributed by atoms with van der Waals surface area (Å²) < 4.78 is 6.79. The minimum Gasteiger partial charge on any atom is -0.467 e. The van der Waals surface area contributed by atoms with Crippen molar-refractivity contribution in [1.82, 2.24) is 9.47 Å². The third kappa shape index (κ3) is 4.24. The van der Waals surface area contributed by atoms with Crippen molar-refractivity contribution in [1.29, 1.82) is 0 Å². The summed E-state index contributed by atoms with van der Waals surface area (Å²) in [5.74, 6) is -1.12. The van der Waals surface area contributed by atoms with Crippen LogP contribution < -0.4 is 0 Å². The Hall–Kier alpha value is -3.58. The Morgan fingerprint density at radius 1 is 1.00 bits per heavy atom. The van der Waals surface area contributed by atoms with Gasteiger partial charge in [-0.05, 0) is 73.5 Å². The van der Waals surface area contributed by atoms with Gasteiger partial charge < -0.3 is 9.30 Å². The average molecular weight is 461 g/mol. The Morgan fingerprint density at radius 3 is 2.27 bits per heavy atom. The molecule has 0 bridgehead atoms. The van der Waals surface area contributed by atoms with E-state index in [1.54, 1.807) is 6.08 Å². The number of ether oxygens (including phenoxy) is 1. The van der Waals surface area contributed by atoms with E-state index in [0.29, 0.717) is 0 Å². The van der Waals surface area contributed by atoms with Gasteiger partial charge in [-0.15, -0.1) is 0 Å².